The van der Waals surface area contributed by atoms with Crippen LogP contribution in [0.4, 0.5) is 5.69 Å². The lowest BCUT2D eigenvalue weighted by Crippen LogP contribution is -2.26. The molecule has 1 aromatic carbocycles. The summed E-state index contributed by atoms with van der Waals surface area (Å²) < 4.78 is 28.8. The lowest BCUT2D eigenvalue weighted by atomic mass is 10.3. The molecule has 0 saturated carbocycles. The molecule has 0 spiro atoms. The fourth-order valence-corrected chi connectivity index (χ4v) is 3.49. The Morgan fingerprint density at radius 3 is 2.84 bits per heavy atom. The van der Waals surface area contributed by atoms with E-state index < -0.39 is 14.9 Å². The number of benzene rings is 1. The van der Waals surface area contributed by atoms with Gasteiger partial charge in [0.05, 0.1) is 15.5 Å². The van der Waals surface area contributed by atoms with Crippen molar-refractivity contribution in [1.29, 1.82) is 0 Å². The van der Waals surface area contributed by atoms with Gasteiger partial charge >= 0.3 is 0 Å². The van der Waals surface area contributed by atoms with Crippen molar-refractivity contribution in [2.45, 2.75) is 18.2 Å². The first-order chi connectivity index (χ1) is 11.8. The second kappa shape index (κ2) is 6.61. The number of non-ortho nitro benzene ring substituents is 1. The van der Waals surface area contributed by atoms with Gasteiger partial charge in [-0.25, -0.2) is 18.1 Å². The van der Waals surface area contributed by atoms with E-state index in [1.54, 1.807) is 0 Å². The van der Waals surface area contributed by atoms with Crippen molar-refractivity contribution in [2.24, 2.45) is 0 Å². The second-order valence-electron chi connectivity index (χ2n) is 5.60. The third kappa shape index (κ3) is 3.83. The van der Waals surface area contributed by atoms with E-state index in [-0.39, 0.29) is 17.1 Å². The molecule has 1 N–H and O–H groups in total. The fraction of sp³-hybridized carbons (Fsp3) is 0.188. The van der Waals surface area contributed by atoms with Gasteiger partial charge in [0, 0.05) is 37.5 Å². The molecule has 0 bridgehead atoms. The van der Waals surface area contributed by atoms with Gasteiger partial charge in [0.2, 0.25) is 10.0 Å². The average molecular weight is 360 g/mol. The minimum atomic E-state index is -3.81. The Hall–Kier alpha value is -2.78. The standard InChI is InChI=1S/C16H16N4O4S/c1-12-6-8-19-11-13(18-16(19)9-12)5-7-17-25(23,24)15-4-2-3-14(10-15)20(21)22/h2-4,6,8-11,17H,5,7H2,1H3. The molecular weight excluding hydrogens is 344 g/mol. The number of aryl methyl sites for hydroxylation is 1. The van der Waals surface area contributed by atoms with Crippen molar-refractivity contribution in [3.63, 3.8) is 0 Å². The van der Waals surface area contributed by atoms with Crippen molar-refractivity contribution in [1.82, 2.24) is 14.1 Å². The molecule has 0 saturated heterocycles. The number of sulfonamides is 1. The number of rotatable bonds is 6. The van der Waals surface area contributed by atoms with Gasteiger partial charge in [-0.05, 0) is 30.7 Å². The summed E-state index contributed by atoms with van der Waals surface area (Å²) in [6.07, 6.45) is 4.15. The van der Waals surface area contributed by atoms with Crippen molar-refractivity contribution < 1.29 is 13.3 Å². The number of nitro groups is 1. The van der Waals surface area contributed by atoms with Crippen LogP contribution < -0.4 is 4.72 Å². The Labute approximate surface area is 144 Å². The summed E-state index contributed by atoms with van der Waals surface area (Å²) in [6, 6.07) is 8.86. The van der Waals surface area contributed by atoms with Gasteiger partial charge in [0.25, 0.3) is 5.69 Å². The molecule has 0 radical (unpaired) electrons. The Balaban J connectivity index is 1.69. The highest BCUT2D eigenvalue weighted by atomic mass is 32.2. The molecule has 0 fully saturated rings. The topological polar surface area (TPSA) is 107 Å². The smallest absolute Gasteiger partial charge is 0.270 e. The normalized spacial score (nSPS) is 11.7. The quantitative estimate of drug-likeness (QED) is 0.535. The number of pyridine rings is 1. The first-order valence-corrected chi connectivity index (χ1v) is 9.02. The highest BCUT2D eigenvalue weighted by molar-refractivity contribution is 7.89. The van der Waals surface area contributed by atoms with E-state index in [1.165, 1.54) is 18.2 Å². The van der Waals surface area contributed by atoms with E-state index in [9.17, 15) is 18.5 Å². The van der Waals surface area contributed by atoms with Gasteiger partial charge in [0.15, 0.2) is 0 Å². The molecule has 0 aliphatic carbocycles. The van der Waals surface area contributed by atoms with Crippen molar-refractivity contribution >= 4 is 21.4 Å². The molecule has 0 aliphatic heterocycles. The van der Waals surface area contributed by atoms with Crippen molar-refractivity contribution in [3.05, 3.63) is 70.2 Å². The van der Waals surface area contributed by atoms with E-state index in [0.717, 1.165) is 23.0 Å². The maximum atomic E-state index is 12.3. The molecule has 25 heavy (non-hydrogen) atoms. The number of hydrogen-bond donors (Lipinski definition) is 1. The van der Waals surface area contributed by atoms with Gasteiger partial charge < -0.3 is 4.40 Å². The van der Waals surface area contributed by atoms with E-state index in [2.05, 4.69) is 9.71 Å². The fourth-order valence-electron chi connectivity index (χ4n) is 2.42. The molecule has 9 heteroatoms. The van der Waals surface area contributed by atoms with Crippen LogP contribution >= 0.6 is 0 Å². The number of imidazole rings is 1. The largest absolute Gasteiger partial charge is 0.307 e. The molecule has 0 amide bonds. The SMILES string of the molecule is Cc1ccn2cc(CCNS(=O)(=O)c3cccc([N+](=O)[O-])c3)nc2c1. The van der Waals surface area contributed by atoms with E-state index in [1.807, 2.05) is 35.9 Å². The van der Waals surface area contributed by atoms with Crippen LogP contribution in [-0.2, 0) is 16.4 Å². The zero-order valence-corrected chi connectivity index (χ0v) is 14.2. The summed E-state index contributed by atoms with van der Waals surface area (Å²) in [6.45, 7) is 2.12. The number of nitrogens with zero attached hydrogens (tertiary/aromatic N) is 3. The van der Waals surface area contributed by atoms with Gasteiger partial charge in [-0.15, -0.1) is 0 Å². The molecule has 3 rings (SSSR count). The van der Waals surface area contributed by atoms with E-state index >= 15 is 0 Å². The minimum Gasteiger partial charge on any atom is -0.307 e. The van der Waals surface area contributed by atoms with Crippen LogP contribution in [0.3, 0.4) is 0 Å². The maximum Gasteiger partial charge on any atom is 0.270 e. The second-order valence-corrected chi connectivity index (χ2v) is 7.37. The summed E-state index contributed by atoms with van der Waals surface area (Å²) in [5.41, 5.74) is 2.39. The molecule has 130 valence electrons. The molecule has 2 heterocycles. The summed E-state index contributed by atoms with van der Waals surface area (Å²) >= 11 is 0. The molecule has 0 aliphatic rings. The third-order valence-electron chi connectivity index (χ3n) is 3.68. The Kier molecular flexibility index (Phi) is 4.51. The van der Waals surface area contributed by atoms with Gasteiger partial charge in [-0.1, -0.05) is 6.07 Å². The lowest BCUT2D eigenvalue weighted by molar-refractivity contribution is -0.385. The van der Waals surface area contributed by atoms with E-state index in [0.29, 0.717) is 6.42 Å². The van der Waals surface area contributed by atoms with Gasteiger partial charge in [-0.2, -0.15) is 0 Å². The Bertz CT molecular complexity index is 1040. The van der Waals surface area contributed by atoms with Crippen LogP contribution in [0.25, 0.3) is 5.65 Å². The third-order valence-corrected chi connectivity index (χ3v) is 5.14. The predicted molar refractivity (Wildman–Crippen MR) is 91.9 cm³/mol. The zero-order chi connectivity index (χ0) is 18.0. The van der Waals surface area contributed by atoms with Gasteiger partial charge in [0.1, 0.15) is 5.65 Å². The lowest BCUT2D eigenvalue weighted by Gasteiger charge is -2.05. The van der Waals surface area contributed by atoms with Crippen LogP contribution in [0.5, 0.6) is 0 Å². The summed E-state index contributed by atoms with van der Waals surface area (Å²) in [5, 5.41) is 10.8. The minimum absolute atomic E-state index is 0.132. The highest BCUT2D eigenvalue weighted by Crippen LogP contribution is 2.17. The number of nitro benzene ring substituents is 1. The van der Waals surface area contributed by atoms with Crippen molar-refractivity contribution in [2.75, 3.05) is 6.54 Å². The van der Waals surface area contributed by atoms with Crippen LogP contribution in [0.1, 0.15) is 11.3 Å². The number of hydrogen-bond acceptors (Lipinski definition) is 5. The predicted octanol–water partition coefficient (Wildman–Crippen LogP) is 2.07. The summed E-state index contributed by atoms with van der Waals surface area (Å²) in [4.78, 5) is 14.5. The molecule has 3 aromatic rings. The molecule has 0 atom stereocenters. The van der Waals surface area contributed by atoms with Crippen LogP contribution in [0.15, 0.2) is 53.7 Å². The molecular formula is C16H16N4O4S. The van der Waals surface area contributed by atoms with Crippen molar-refractivity contribution in [3.8, 4) is 0 Å². The summed E-state index contributed by atoms with van der Waals surface area (Å²) in [5.74, 6) is 0. The number of nitrogens with one attached hydrogen (secondary N) is 1. The summed E-state index contributed by atoms with van der Waals surface area (Å²) in [7, 11) is -3.81. The average Bonchev–Trinajstić information content (AvgIpc) is 2.96. The molecule has 0 unspecified atom stereocenters. The van der Waals surface area contributed by atoms with E-state index in [4.69, 9.17) is 0 Å². The first-order valence-electron chi connectivity index (χ1n) is 7.53. The Morgan fingerprint density at radius 1 is 1.28 bits per heavy atom. The zero-order valence-electron chi connectivity index (χ0n) is 13.4. The number of fused-ring (bicyclic) bond motifs is 1. The number of aromatic nitrogens is 2. The van der Waals surface area contributed by atoms with Gasteiger partial charge in [-0.3, -0.25) is 10.1 Å². The van der Waals surface area contributed by atoms with Crippen LogP contribution in [0, 0.1) is 17.0 Å². The molecule has 8 nitrogen and oxygen atoms in total. The highest BCUT2D eigenvalue weighted by Gasteiger charge is 2.17. The maximum absolute atomic E-state index is 12.3. The first kappa shape index (κ1) is 17.1. The van der Waals surface area contributed by atoms with Crippen LogP contribution in [0.2, 0.25) is 0 Å². The monoisotopic (exact) mass is 360 g/mol. The molecule has 2 aromatic heterocycles. The Morgan fingerprint density at radius 2 is 2.08 bits per heavy atom. The van der Waals surface area contributed by atoms with Crippen LogP contribution in [-0.4, -0.2) is 29.3 Å².